The van der Waals surface area contributed by atoms with Gasteiger partial charge in [-0.3, -0.25) is 10.1 Å². The lowest BCUT2D eigenvalue weighted by atomic mass is 10.00. The van der Waals surface area contributed by atoms with Gasteiger partial charge in [-0.05, 0) is 18.9 Å². The van der Waals surface area contributed by atoms with Crippen LogP contribution in [0.3, 0.4) is 0 Å². The smallest absolute Gasteiger partial charge is 0.298 e. The number of nitrogens with one attached hydrogen (secondary N) is 1. The van der Waals surface area contributed by atoms with Crippen LogP contribution in [0.2, 0.25) is 0 Å². The van der Waals surface area contributed by atoms with Gasteiger partial charge in [0.05, 0.1) is 11.0 Å². The first-order valence-electron chi connectivity index (χ1n) is 7.08. The molecule has 0 bridgehead atoms. The maximum absolute atomic E-state index is 11.0. The Labute approximate surface area is 121 Å². The zero-order valence-electron chi connectivity index (χ0n) is 11.7. The van der Waals surface area contributed by atoms with E-state index in [2.05, 4.69) is 17.2 Å². The van der Waals surface area contributed by atoms with Crippen molar-refractivity contribution in [1.29, 1.82) is 0 Å². The SMILES string of the molecule is CCC1OCCC1CNc1nc2c([N+](=O)[O-])cccc2o1. The van der Waals surface area contributed by atoms with Crippen molar-refractivity contribution in [1.82, 2.24) is 4.98 Å². The third-order valence-corrected chi connectivity index (χ3v) is 3.86. The van der Waals surface area contributed by atoms with Gasteiger partial charge >= 0.3 is 0 Å². The first-order valence-corrected chi connectivity index (χ1v) is 7.08. The quantitative estimate of drug-likeness (QED) is 0.672. The highest BCUT2D eigenvalue weighted by atomic mass is 16.6. The lowest BCUT2D eigenvalue weighted by Crippen LogP contribution is -2.22. The van der Waals surface area contributed by atoms with Gasteiger partial charge in [0, 0.05) is 25.1 Å². The summed E-state index contributed by atoms with van der Waals surface area (Å²) in [6, 6.07) is 5.01. The second-order valence-corrected chi connectivity index (χ2v) is 5.15. The molecule has 2 atom stereocenters. The molecule has 0 spiro atoms. The number of rotatable bonds is 5. The minimum atomic E-state index is -0.452. The maximum Gasteiger partial charge on any atom is 0.298 e. The molecule has 1 aliphatic heterocycles. The van der Waals surface area contributed by atoms with Gasteiger partial charge in [0.1, 0.15) is 0 Å². The highest BCUT2D eigenvalue weighted by Gasteiger charge is 2.27. The number of anilines is 1. The number of nitro benzene ring substituents is 1. The number of para-hydroxylation sites is 1. The molecule has 1 fully saturated rings. The van der Waals surface area contributed by atoms with E-state index in [9.17, 15) is 10.1 Å². The molecule has 3 rings (SSSR count). The standard InChI is InChI=1S/C14H17N3O4/c1-2-11-9(6-7-20-11)8-15-14-16-13-10(17(18)19)4-3-5-12(13)21-14/h3-5,9,11H,2,6-8H2,1H3,(H,15,16). The van der Waals surface area contributed by atoms with Crippen LogP contribution in [0.15, 0.2) is 22.6 Å². The summed E-state index contributed by atoms with van der Waals surface area (Å²) < 4.78 is 11.2. The Morgan fingerprint density at radius 1 is 1.52 bits per heavy atom. The average Bonchev–Trinajstić information content (AvgIpc) is 3.09. The summed E-state index contributed by atoms with van der Waals surface area (Å²) in [6.07, 6.45) is 2.24. The predicted molar refractivity (Wildman–Crippen MR) is 77.3 cm³/mol. The number of hydrogen-bond donors (Lipinski definition) is 1. The van der Waals surface area contributed by atoms with Crippen LogP contribution < -0.4 is 5.32 Å². The molecule has 7 heteroatoms. The Morgan fingerprint density at radius 2 is 2.38 bits per heavy atom. The van der Waals surface area contributed by atoms with Crippen molar-refractivity contribution in [2.75, 3.05) is 18.5 Å². The molecule has 1 aromatic heterocycles. The van der Waals surface area contributed by atoms with E-state index in [4.69, 9.17) is 9.15 Å². The highest BCUT2D eigenvalue weighted by Crippen LogP contribution is 2.28. The molecule has 1 N–H and O–H groups in total. The fraction of sp³-hybridized carbons (Fsp3) is 0.500. The lowest BCUT2D eigenvalue weighted by Gasteiger charge is -2.16. The van der Waals surface area contributed by atoms with Crippen molar-refractivity contribution < 1.29 is 14.1 Å². The van der Waals surface area contributed by atoms with Crippen LogP contribution in [-0.2, 0) is 4.74 Å². The molecule has 1 saturated heterocycles. The minimum Gasteiger partial charge on any atom is -0.423 e. The van der Waals surface area contributed by atoms with Gasteiger partial charge in [-0.15, -0.1) is 0 Å². The van der Waals surface area contributed by atoms with E-state index in [0.717, 1.165) is 19.4 Å². The number of aromatic nitrogens is 1. The molecule has 2 aromatic rings. The summed E-state index contributed by atoms with van der Waals surface area (Å²) >= 11 is 0. The summed E-state index contributed by atoms with van der Waals surface area (Å²) in [7, 11) is 0. The van der Waals surface area contributed by atoms with Crippen molar-refractivity contribution in [2.45, 2.75) is 25.9 Å². The Morgan fingerprint density at radius 3 is 3.14 bits per heavy atom. The van der Waals surface area contributed by atoms with E-state index >= 15 is 0 Å². The van der Waals surface area contributed by atoms with Gasteiger partial charge in [-0.25, -0.2) is 0 Å². The van der Waals surface area contributed by atoms with Crippen molar-refractivity contribution in [3.63, 3.8) is 0 Å². The Hall–Kier alpha value is -2.15. The highest BCUT2D eigenvalue weighted by molar-refractivity contribution is 5.83. The van der Waals surface area contributed by atoms with E-state index < -0.39 is 4.92 Å². The second-order valence-electron chi connectivity index (χ2n) is 5.15. The first-order chi connectivity index (χ1) is 10.2. The molecule has 2 heterocycles. The molecule has 112 valence electrons. The van der Waals surface area contributed by atoms with Crippen molar-refractivity contribution in [3.05, 3.63) is 28.3 Å². The Kier molecular flexibility index (Phi) is 3.74. The Bertz CT molecular complexity index is 655. The summed E-state index contributed by atoms with van der Waals surface area (Å²) in [6.45, 7) is 3.58. The number of fused-ring (bicyclic) bond motifs is 1. The third kappa shape index (κ3) is 2.69. The van der Waals surface area contributed by atoms with Crippen molar-refractivity contribution in [3.8, 4) is 0 Å². The van der Waals surface area contributed by atoms with Crippen molar-refractivity contribution >= 4 is 22.8 Å². The molecular weight excluding hydrogens is 274 g/mol. The van der Waals surface area contributed by atoms with Gasteiger partial charge in [0.2, 0.25) is 0 Å². The van der Waals surface area contributed by atoms with Gasteiger partial charge in [0.25, 0.3) is 11.7 Å². The topological polar surface area (TPSA) is 90.4 Å². The molecule has 0 saturated carbocycles. The molecule has 0 radical (unpaired) electrons. The minimum absolute atomic E-state index is 0.0417. The number of oxazole rings is 1. The number of non-ortho nitro benzene ring substituents is 1. The fourth-order valence-corrected chi connectivity index (χ4v) is 2.75. The lowest BCUT2D eigenvalue weighted by molar-refractivity contribution is -0.383. The van der Waals surface area contributed by atoms with Crippen LogP contribution >= 0.6 is 0 Å². The largest absolute Gasteiger partial charge is 0.423 e. The summed E-state index contributed by atoms with van der Waals surface area (Å²) in [5.74, 6) is 0.417. The van der Waals surface area contributed by atoms with Crippen LogP contribution in [0.5, 0.6) is 0 Å². The third-order valence-electron chi connectivity index (χ3n) is 3.86. The predicted octanol–water partition coefficient (Wildman–Crippen LogP) is 2.96. The van der Waals surface area contributed by atoms with Crippen molar-refractivity contribution in [2.24, 2.45) is 5.92 Å². The van der Waals surface area contributed by atoms with Gasteiger partial charge in [-0.2, -0.15) is 4.98 Å². The van der Waals surface area contributed by atoms with Crippen LogP contribution in [-0.4, -0.2) is 29.2 Å². The van der Waals surface area contributed by atoms with Crippen LogP contribution in [0.1, 0.15) is 19.8 Å². The zero-order chi connectivity index (χ0) is 14.8. The Balaban J connectivity index is 1.76. The first kappa shape index (κ1) is 13.8. The van der Waals surface area contributed by atoms with Crippen LogP contribution in [0, 0.1) is 16.0 Å². The van der Waals surface area contributed by atoms with E-state index in [0.29, 0.717) is 24.1 Å². The summed E-state index contributed by atoms with van der Waals surface area (Å²) in [5, 5.41) is 14.1. The monoisotopic (exact) mass is 291 g/mol. The number of ether oxygens (including phenoxy) is 1. The number of hydrogen-bond acceptors (Lipinski definition) is 6. The second kappa shape index (κ2) is 5.69. The summed E-state index contributed by atoms with van der Waals surface area (Å²) in [4.78, 5) is 14.7. The fourth-order valence-electron chi connectivity index (χ4n) is 2.75. The van der Waals surface area contributed by atoms with Gasteiger partial charge < -0.3 is 14.5 Å². The molecule has 7 nitrogen and oxygen atoms in total. The molecule has 0 amide bonds. The van der Waals surface area contributed by atoms with E-state index in [1.165, 1.54) is 6.07 Å². The van der Waals surface area contributed by atoms with Gasteiger partial charge in [-0.1, -0.05) is 13.0 Å². The molecule has 2 unspecified atom stereocenters. The van der Waals surface area contributed by atoms with Crippen LogP contribution in [0.25, 0.3) is 11.1 Å². The molecule has 21 heavy (non-hydrogen) atoms. The van der Waals surface area contributed by atoms with E-state index in [1.807, 2.05) is 0 Å². The van der Waals surface area contributed by atoms with E-state index in [1.54, 1.807) is 12.1 Å². The maximum atomic E-state index is 11.0. The van der Waals surface area contributed by atoms with Crippen LogP contribution in [0.4, 0.5) is 11.7 Å². The number of nitrogens with zero attached hydrogens (tertiary/aromatic N) is 2. The molecule has 0 aliphatic carbocycles. The number of benzene rings is 1. The molecular formula is C14H17N3O4. The van der Waals surface area contributed by atoms with Gasteiger partial charge in [0.15, 0.2) is 11.1 Å². The van der Waals surface area contributed by atoms with E-state index in [-0.39, 0.29) is 17.3 Å². The average molecular weight is 291 g/mol. The zero-order valence-corrected chi connectivity index (χ0v) is 11.7. The number of nitro groups is 1. The summed E-state index contributed by atoms with van der Waals surface area (Å²) in [5.41, 5.74) is 0.654. The molecule has 1 aromatic carbocycles. The normalized spacial score (nSPS) is 21.8. The molecule has 1 aliphatic rings.